The standard InChI is InChI=1S/C17H17Cl2N5O2S/c1-27(25,26)24-17(21-11-13-7-3-5-9-15(13)19)22-16(23-24)20-10-12-6-2-4-8-14(12)18/h2-9H,10-11H2,1H3,(H2,20,21,22,23). The Hall–Kier alpha value is -2.29. The Balaban J connectivity index is 1.79. The molecule has 27 heavy (non-hydrogen) atoms. The molecule has 0 aliphatic carbocycles. The molecule has 2 N–H and O–H groups in total. The number of hydrogen-bond acceptors (Lipinski definition) is 6. The number of halogens is 2. The monoisotopic (exact) mass is 425 g/mol. The van der Waals surface area contributed by atoms with Crippen molar-refractivity contribution in [3.8, 4) is 0 Å². The Morgan fingerprint density at radius 1 is 0.926 bits per heavy atom. The lowest BCUT2D eigenvalue weighted by atomic mass is 10.2. The van der Waals surface area contributed by atoms with E-state index in [0.29, 0.717) is 23.1 Å². The lowest BCUT2D eigenvalue weighted by Crippen LogP contribution is -2.16. The van der Waals surface area contributed by atoms with Gasteiger partial charge in [0.15, 0.2) is 0 Å². The molecule has 2 aromatic carbocycles. The maximum Gasteiger partial charge on any atom is 0.254 e. The smallest absolute Gasteiger partial charge is 0.254 e. The molecular formula is C17H17Cl2N5O2S. The average molecular weight is 426 g/mol. The molecule has 3 aromatic rings. The van der Waals surface area contributed by atoms with Gasteiger partial charge in [0.05, 0.1) is 6.26 Å². The molecule has 3 rings (SSSR count). The van der Waals surface area contributed by atoms with Gasteiger partial charge in [0.1, 0.15) is 0 Å². The van der Waals surface area contributed by atoms with Gasteiger partial charge >= 0.3 is 0 Å². The van der Waals surface area contributed by atoms with Gasteiger partial charge < -0.3 is 10.6 Å². The third kappa shape index (κ3) is 4.91. The second kappa shape index (κ2) is 8.16. The van der Waals surface area contributed by atoms with Crippen molar-refractivity contribution in [2.45, 2.75) is 13.1 Å². The molecule has 0 saturated heterocycles. The molecule has 0 radical (unpaired) electrons. The normalized spacial score (nSPS) is 11.4. The molecule has 7 nitrogen and oxygen atoms in total. The van der Waals surface area contributed by atoms with E-state index in [9.17, 15) is 8.42 Å². The molecule has 1 heterocycles. The fourth-order valence-electron chi connectivity index (χ4n) is 2.34. The predicted octanol–water partition coefficient (Wildman–Crippen LogP) is 3.62. The van der Waals surface area contributed by atoms with Gasteiger partial charge in [-0.3, -0.25) is 0 Å². The van der Waals surface area contributed by atoms with Gasteiger partial charge in [-0.25, -0.2) is 8.42 Å². The van der Waals surface area contributed by atoms with E-state index in [1.165, 1.54) is 0 Å². The maximum absolute atomic E-state index is 12.0. The molecular weight excluding hydrogens is 409 g/mol. The van der Waals surface area contributed by atoms with Crippen LogP contribution < -0.4 is 10.6 Å². The van der Waals surface area contributed by atoms with Gasteiger partial charge in [-0.2, -0.15) is 4.98 Å². The molecule has 142 valence electrons. The van der Waals surface area contributed by atoms with E-state index in [2.05, 4.69) is 20.7 Å². The van der Waals surface area contributed by atoms with Gasteiger partial charge in [0.2, 0.25) is 11.9 Å². The Bertz CT molecular complexity index is 1050. The summed E-state index contributed by atoms with van der Waals surface area (Å²) in [6.45, 7) is 0.662. The van der Waals surface area contributed by atoms with Crippen molar-refractivity contribution in [2.75, 3.05) is 16.9 Å². The first kappa shape index (κ1) is 19.5. The van der Waals surface area contributed by atoms with Gasteiger partial charge in [0.25, 0.3) is 10.0 Å². The van der Waals surface area contributed by atoms with Crippen molar-refractivity contribution >= 4 is 45.1 Å². The van der Waals surface area contributed by atoms with Crippen molar-refractivity contribution < 1.29 is 8.42 Å². The first-order valence-electron chi connectivity index (χ1n) is 7.97. The van der Waals surface area contributed by atoms with Crippen LogP contribution in [-0.2, 0) is 23.1 Å². The first-order chi connectivity index (χ1) is 12.8. The van der Waals surface area contributed by atoms with Crippen LogP contribution in [0, 0.1) is 0 Å². The minimum atomic E-state index is -3.64. The molecule has 0 unspecified atom stereocenters. The number of hydrogen-bond donors (Lipinski definition) is 2. The number of nitrogens with one attached hydrogen (secondary N) is 2. The highest BCUT2D eigenvalue weighted by atomic mass is 35.5. The Labute approximate surface area is 167 Å². The molecule has 0 fully saturated rings. The van der Waals surface area contributed by atoms with Gasteiger partial charge in [0, 0.05) is 23.1 Å². The van der Waals surface area contributed by atoms with Crippen molar-refractivity contribution in [3.05, 3.63) is 69.7 Å². The lowest BCUT2D eigenvalue weighted by Gasteiger charge is -2.07. The molecule has 0 aliphatic rings. The van der Waals surface area contributed by atoms with Crippen molar-refractivity contribution in [1.29, 1.82) is 0 Å². The second-order valence-electron chi connectivity index (χ2n) is 5.75. The highest BCUT2D eigenvalue weighted by molar-refractivity contribution is 7.89. The number of anilines is 2. The summed E-state index contributed by atoms with van der Waals surface area (Å²) in [6, 6.07) is 14.6. The summed E-state index contributed by atoms with van der Waals surface area (Å²) in [6.07, 6.45) is 1.06. The summed E-state index contributed by atoms with van der Waals surface area (Å²) in [5.41, 5.74) is 1.66. The highest BCUT2D eigenvalue weighted by Gasteiger charge is 2.17. The predicted molar refractivity (Wildman–Crippen MR) is 108 cm³/mol. The van der Waals surface area contributed by atoms with Crippen molar-refractivity contribution in [2.24, 2.45) is 0 Å². The minimum absolute atomic E-state index is 0.0964. The zero-order valence-corrected chi connectivity index (χ0v) is 16.7. The van der Waals surface area contributed by atoms with Crippen LogP contribution in [0.2, 0.25) is 10.0 Å². The van der Waals surface area contributed by atoms with E-state index < -0.39 is 10.0 Å². The van der Waals surface area contributed by atoms with Crippen LogP contribution in [0.3, 0.4) is 0 Å². The Morgan fingerprint density at radius 2 is 1.44 bits per heavy atom. The van der Waals surface area contributed by atoms with E-state index >= 15 is 0 Å². The molecule has 0 amide bonds. The van der Waals surface area contributed by atoms with Crippen LogP contribution >= 0.6 is 23.2 Å². The summed E-state index contributed by atoms with van der Waals surface area (Å²) in [4.78, 5) is 4.23. The molecule has 0 spiro atoms. The van der Waals surface area contributed by atoms with Crippen LogP contribution in [0.25, 0.3) is 0 Å². The van der Waals surface area contributed by atoms with Crippen LogP contribution in [0.15, 0.2) is 48.5 Å². The minimum Gasteiger partial charge on any atom is -0.349 e. The summed E-state index contributed by atoms with van der Waals surface area (Å²) >= 11 is 12.3. The van der Waals surface area contributed by atoms with Crippen molar-refractivity contribution in [3.63, 3.8) is 0 Å². The van der Waals surface area contributed by atoms with Crippen LogP contribution in [0.1, 0.15) is 11.1 Å². The first-order valence-corrected chi connectivity index (χ1v) is 10.6. The summed E-state index contributed by atoms with van der Waals surface area (Å²) in [5.74, 6) is 0.265. The zero-order valence-electron chi connectivity index (χ0n) is 14.4. The number of benzene rings is 2. The van der Waals surface area contributed by atoms with E-state index in [-0.39, 0.29) is 11.9 Å². The molecule has 0 atom stereocenters. The molecule has 0 aliphatic heterocycles. The summed E-state index contributed by atoms with van der Waals surface area (Å²) in [5, 5.41) is 11.2. The molecule has 1 aromatic heterocycles. The van der Waals surface area contributed by atoms with E-state index in [1.54, 1.807) is 12.1 Å². The van der Waals surface area contributed by atoms with Crippen LogP contribution in [0.5, 0.6) is 0 Å². The summed E-state index contributed by atoms with van der Waals surface area (Å²) < 4.78 is 24.9. The van der Waals surface area contributed by atoms with Gasteiger partial charge in [-0.1, -0.05) is 59.6 Å². The lowest BCUT2D eigenvalue weighted by molar-refractivity contribution is 0.587. The highest BCUT2D eigenvalue weighted by Crippen LogP contribution is 2.19. The third-order valence-electron chi connectivity index (χ3n) is 3.68. The maximum atomic E-state index is 12.0. The Morgan fingerprint density at radius 3 is 1.96 bits per heavy atom. The number of aromatic nitrogens is 3. The van der Waals surface area contributed by atoms with E-state index in [1.807, 2.05) is 36.4 Å². The fraction of sp³-hybridized carbons (Fsp3) is 0.176. The van der Waals surface area contributed by atoms with Crippen LogP contribution in [-0.4, -0.2) is 28.8 Å². The quantitative estimate of drug-likeness (QED) is 0.600. The third-order valence-corrected chi connectivity index (χ3v) is 5.30. The number of nitrogens with zero attached hydrogens (tertiary/aromatic N) is 3. The van der Waals surface area contributed by atoms with Gasteiger partial charge in [-0.15, -0.1) is 9.19 Å². The summed E-state index contributed by atoms with van der Waals surface area (Å²) in [7, 11) is -3.64. The molecule has 0 bridgehead atoms. The molecule has 0 saturated carbocycles. The SMILES string of the molecule is CS(=O)(=O)n1nc(NCc2ccccc2Cl)nc1NCc1ccccc1Cl. The fourth-order valence-corrected chi connectivity index (χ4v) is 3.39. The Kier molecular flexibility index (Phi) is 5.88. The van der Waals surface area contributed by atoms with Crippen molar-refractivity contribution in [1.82, 2.24) is 14.2 Å². The topological polar surface area (TPSA) is 88.9 Å². The largest absolute Gasteiger partial charge is 0.349 e. The average Bonchev–Trinajstić information content (AvgIpc) is 3.04. The van der Waals surface area contributed by atoms with Gasteiger partial charge in [-0.05, 0) is 23.3 Å². The van der Waals surface area contributed by atoms with Crippen LogP contribution in [0.4, 0.5) is 11.9 Å². The van der Waals surface area contributed by atoms with E-state index in [4.69, 9.17) is 23.2 Å². The number of rotatable bonds is 7. The molecule has 10 heteroatoms. The van der Waals surface area contributed by atoms with E-state index in [0.717, 1.165) is 21.5 Å². The zero-order chi connectivity index (χ0) is 19.4. The second-order valence-corrected chi connectivity index (χ2v) is 8.38.